The van der Waals surface area contributed by atoms with Crippen molar-refractivity contribution in [1.82, 2.24) is 0 Å². The average Bonchev–Trinajstić information content (AvgIpc) is 2.26. The molecule has 0 saturated carbocycles. The zero-order valence-corrected chi connectivity index (χ0v) is 11.5. The van der Waals surface area contributed by atoms with Crippen molar-refractivity contribution in [1.29, 1.82) is 0 Å². The van der Waals surface area contributed by atoms with Crippen LogP contribution >= 0.6 is 11.8 Å². The summed E-state index contributed by atoms with van der Waals surface area (Å²) < 4.78 is 0. The van der Waals surface area contributed by atoms with Gasteiger partial charge < -0.3 is 5.73 Å². The summed E-state index contributed by atoms with van der Waals surface area (Å²) >= 11 is 2.07. The molecule has 0 aromatic heterocycles. The molecule has 0 bridgehead atoms. The number of rotatable bonds is 11. The van der Waals surface area contributed by atoms with Gasteiger partial charge in [0.05, 0.1) is 0 Å². The van der Waals surface area contributed by atoms with Gasteiger partial charge in [-0.15, -0.1) is 0 Å². The Morgan fingerprint density at radius 2 is 1.60 bits per heavy atom. The van der Waals surface area contributed by atoms with Gasteiger partial charge in [0.15, 0.2) is 0 Å². The Labute approximate surface area is 101 Å². The van der Waals surface area contributed by atoms with Crippen LogP contribution in [0.3, 0.4) is 0 Å². The molecule has 0 aromatic carbocycles. The first-order chi connectivity index (χ1) is 7.31. The Bertz CT molecular complexity index is 117. The standard InChI is InChI=1S/C13H29NS/c1-3-4-5-6-7-8-9-10-15-12-13(2)11-14/h13H,3-12,14H2,1-2H3. The van der Waals surface area contributed by atoms with Crippen LogP contribution in [0.2, 0.25) is 0 Å². The van der Waals surface area contributed by atoms with Crippen molar-refractivity contribution >= 4 is 11.8 Å². The van der Waals surface area contributed by atoms with Crippen LogP contribution in [0.1, 0.15) is 58.8 Å². The van der Waals surface area contributed by atoms with Crippen molar-refractivity contribution in [2.75, 3.05) is 18.1 Å². The molecule has 0 heterocycles. The zero-order valence-electron chi connectivity index (χ0n) is 10.6. The van der Waals surface area contributed by atoms with Gasteiger partial charge in [-0.25, -0.2) is 0 Å². The maximum Gasteiger partial charge on any atom is -0.00297 e. The smallest absolute Gasteiger partial charge is 0.00297 e. The predicted molar refractivity (Wildman–Crippen MR) is 73.5 cm³/mol. The molecular formula is C13H29NS. The van der Waals surface area contributed by atoms with Gasteiger partial charge in [0, 0.05) is 0 Å². The first-order valence-corrected chi connectivity index (χ1v) is 7.74. The van der Waals surface area contributed by atoms with E-state index >= 15 is 0 Å². The monoisotopic (exact) mass is 231 g/mol. The summed E-state index contributed by atoms with van der Waals surface area (Å²) in [6, 6.07) is 0. The highest BCUT2D eigenvalue weighted by atomic mass is 32.2. The summed E-state index contributed by atoms with van der Waals surface area (Å²) in [6.45, 7) is 5.34. The number of hydrogen-bond acceptors (Lipinski definition) is 2. The molecule has 1 nitrogen and oxygen atoms in total. The molecule has 1 atom stereocenters. The van der Waals surface area contributed by atoms with Crippen molar-refractivity contribution < 1.29 is 0 Å². The lowest BCUT2D eigenvalue weighted by molar-refractivity contribution is 0.603. The fraction of sp³-hybridized carbons (Fsp3) is 1.00. The van der Waals surface area contributed by atoms with Crippen molar-refractivity contribution in [3.63, 3.8) is 0 Å². The van der Waals surface area contributed by atoms with E-state index in [1.165, 1.54) is 56.5 Å². The van der Waals surface area contributed by atoms with E-state index < -0.39 is 0 Å². The normalized spacial score (nSPS) is 13.0. The van der Waals surface area contributed by atoms with Gasteiger partial charge in [0.1, 0.15) is 0 Å². The summed E-state index contributed by atoms with van der Waals surface area (Å²) in [5.74, 6) is 3.27. The molecule has 0 fully saturated rings. The fourth-order valence-corrected chi connectivity index (χ4v) is 2.63. The molecule has 0 radical (unpaired) electrons. The van der Waals surface area contributed by atoms with Crippen molar-refractivity contribution in [3.05, 3.63) is 0 Å². The molecule has 0 spiro atoms. The molecule has 0 aliphatic heterocycles. The molecule has 2 heteroatoms. The first kappa shape index (κ1) is 15.3. The third kappa shape index (κ3) is 12.2. The Balaban J connectivity index is 2.92. The predicted octanol–water partition coefficient (Wildman–Crippen LogP) is 4.07. The molecule has 0 rings (SSSR count). The van der Waals surface area contributed by atoms with Gasteiger partial charge in [-0.05, 0) is 30.4 Å². The van der Waals surface area contributed by atoms with Gasteiger partial charge in [-0.1, -0.05) is 52.4 Å². The van der Waals surface area contributed by atoms with Crippen LogP contribution in [0.25, 0.3) is 0 Å². The van der Waals surface area contributed by atoms with Gasteiger partial charge in [0.2, 0.25) is 0 Å². The third-order valence-electron chi connectivity index (χ3n) is 2.70. The summed E-state index contributed by atoms with van der Waals surface area (Å²) in [5, 5.41) is 0. The molecular weight excluding hydrogens is 202 g/mol. The summed E-state index contributed by atoms with van der Waals surface area (Å²) in [6.07, 6.45) is 9.91. The SMILES string of the molecule is CCCCCCCCCSCC(C)CN. The Hall–Kier alpha value is 0.310. The largest absolute Gasteiger partial charge is 0.330 e. The molecule has 0 saturated heterocycles. The van der Waals surface area contributed by atoms with E-state index in [1.54, 1.807) is 0 Å². The Morgan fingerprint density at radius 3 is 2.20 bits per heavy atom. The number of nitrogens with two attached hydrogens (primary N) is 1. The van der Waals surface area contributed by atoms with Gasteiger partial charge in [-0.3, -0.25) is 0 Å². The minimum absolute atomic E-state index is 0.694. The Morgan fingerprint density at radius 1 is 1.00 bits per heavy atom. The molecule has 0 aliphatic rings. The lowest BCUT2D eigenvalue weighted by atomic mass is 10.1. The highest BCUT2D eigenvalue weighted by Gasteiger charge is 1.98. The van der Waals surface area contributed by atoms with Crippen molar-refractivity contribution in [3.8, 4) is 0 Å². The summed E-state index contributed by atoms with van der Waals surface area (Å²) in [7, 11) is 0. The molecule has 1 unspecified atom stereocenters. The molecule has 92 valence electrons. The van der Waals surface area contributed by atoms with E-state index in [0.29, 0.717) is 5.92 Å². The van der Waals surface area contributed by atoms with E-state index in [2.05, 4.69) is 25.6 Å². The maximum absolute atomic E-state index is 5.57. The molecule has 0 amide bonds. The average molecular weight is 231 g/mol. The van der Waals surface area contributed by atoms with E-state index in [1.807, 2.05) is 0 Å². The zero-order chi connectivity index (χ0) is 11.4. The highest BCUT2D eigenvalue weighted by molar-refractivity contribution is 7.99. The number of unbranched alkanes of at least 4 members (excludes halogenated alkanes) is 6. The maximum atomic E-state index is 5.57. The third-order valence-corrected chi connectivity index (χ3v) is 4.08. The van der Waals surface area contributed by atoms with E-state index in [4.69, 9.17) is 5.73 Å². The topological polar surface area (TPSA) is 26.0 Å². The van der Waals surface area contributed by atoms with Crippen LogP contribution in [0.15, 0.2) is 0 Å². The lowest BCUT2D eigenvalue weighted by Gasteiger charge is -2.07. The van der Waals surface area contributed by atoms with E-state index in [-0.39, 0.29) is 0 Å². The van der Waals surface area contributed by atoms with Crippen LogP contribution in [0.5, 0.6) is 0 Å². The number of hydrogen-bond donors (Lipinski definition) is 1. The van der Waals surface area contributed by atoms with E-state index in [9.17, 15) is 0 Å². The van der Waals surface area contributed by atoms with Gasteiger partial charge >= 0.3 is 0 Å². The second kappa shape index (κ2) is 12.4. The Kier molecular flexibility index (Phi) is 12.6. The van der Waals surface area contributed by atoms with Crippen molar-refractivity contribution in [2.24, 2.45) is 11.7 Å². The minimum Gasteiger partial charge on any atom is -0.330 e. The van der Waals surface area contributed by atoms with Crippen molar-refractivity contribution in [2.45, 2.75) is 58.8 Å². The second-order valence-electron chi connectivity index (χ2n) is 4.54. The lowest BCUT2D eigenvalue weighted by Crippen LogP contribution is -2.12. The molecule has 2 N–H and O–H groups in total. The molecule has 0 aliphatic carbocycles. The van der Waals surface area contributed by atoms with Gasteiger partial charge in [-0.2, -0.15) is 11.8 Å². The summed E-state index contributed by atoms with van der Waals surface area (Å²) in [5.41, 5.74) is 5.57. The van der Waals surface area contributed by atoms with Crippen LogP contribution in [0.4, 0.5) is 0 Å². The van der Waals surface area contributed by atoms with Crippen LogP contribution in [0, 0.1) is 5.92 Å². The van der Waals surface area contributed by atoms with Crippen LogP contribution in [-0.4, -0.2) is 18.1 Å². The molecule has 15 heavy (non-hydrogen) atoms. The summed E-state index contributed by atoms with van der Waals surface area (Å²) in [4.78, 5) is 0. The quantitative estimate of drug-likeness (QED) is 0.543. The highest BCUT2D eigenvalue weighted by Crippen LogP contribution is 2.12. The van der Waals surface area contributed by atoms with Gasteiger partial charge in [0.25, 0.3) is 0 Å². The fourth-order valence-electron chi connectivity index (χ4n) is 1.51. The first-order valence-electron chi connectivity index (χ1n) is 6.59. The molecule has 0 aromatic rings. The minimum atomic E-state index is 0.694. The van der Waals surface area contributed by atoms with Crippen LogP contribution in [-0.2, 0) is 0 Å². The van der Waals surface area contributed by atoms with Crippen LogP contribution < -0.4 is 5.73 Å². The number of thioether (sulfide) groups is 1. The second-order valence-corrected chi connectivity index (χ2v) is 5.69. The van der Waals surface area contributed by atoms with E-state index in [0.717, 1.165) is 6.54 Å².